The normalized spacial score (nSPS) is 24.5. The fourth-order valence-corrected chi connectivity index (χ4v) is 7.22. The van der Waals surface area contributed by atoms with E-state index in [1.54, 1.807) is 0 Å². The Morgan fingerprint density at radius 1 is 1.03 bits per heavy atom. The number of hydrogen-bond acceptors (Lipinski definition) is 6. The molecule has 1 fully saturated rings. The van der Waals surface area contributed by atoms with Gasteiger partial charge in [0.25, 0.3) is 0 Å². The van der Waals surface area contributed by atoms with E-state index >= 15 is 0 Å². The molecule has 156 valence electrons. The summed E-state index contributed by atoms with van der Waals surface area (Å²) in [6.45, 7) is 0.892. The maximum Gasteiger partial charge on any atom is 0.239 e. The molecule has 6 nitrogen and oxygen atoms in total. The van der Waals surface area contributed by atoms with Gasteiger partial charge in [-0.1, -0.05) is 61.0 Å². The maximum atomic E-state index is 13.5. The van der Waals surface area contributed by atoms with E-state index in [0.717, 1.165) is 48.5 Å². The fourth-order valence-electron chi connectivity index (χ4n) is 4.94. The molecule has 2 aromatic carbocycles. The zero-order valence-electron chi connectivity index (χ0n) is 16.5. The molecule has 30 heavy (non-hydrogen) atoms. The summed E-state index contributed by atoms with van der Waals surface area (Å²) in [6.07, 6.45) is 5.16. The van der Waals surface area contributed by atoms with Gasteiger partial charge in [0.15, 0.2) is 0 Å². The first-order valence-corrected chi connectivity index (χ1v) is 12.6. The van der Waals surface area contributed by atoms with Crippen molar-refractivity contribution < 1.29 is 8.42 Å². The molecule has 2 heterocycles. The lowest BCUT2D eigenvalue weighted by molar-refractivity contribution is 0.0957. The molecule has 3 atom stereocenters. The Bertz CT molecular complexity index is 1100. The van der Waals surface area contributed by atoms with Crippen molar-refractivity contribution in [1.29, 1.82) is 0 Å². The Kier molecular flexibility index (Phi) is 5.30. The first kappa shape index (κ1) is 19.7. The summed E-state index contributed by atoms with van der Waals surface area (Å²) in [6, 6.07) is 18.7. The number of nitrogens with one attached hydrogen (secondary N) is 1. The molecule has 2 aliphatic rings. The number of benzene rings is 2. The number of anilines is 1. The molecular weight excluding hydrogens is 416 g/mol. The molecular formula is C22H24N4O2S2. The van der Waals surface area contributed by atoms with Crippen LogP contribution in [0.5, 0.6) is 0 Å². The number of nitrogens with zero attached hydrogens (tertiary/aromatic N) is 3. The number of sulfonamides is 1. The molecule has 3 aromatic rings. The van der Waals surface area contributed by atoms with Crippen molar-refractivity contribution in [3.05, 3.63) is 77.6 Å². The largest absolute Gasteiger partial charge is 0.288 e. The van der Waals surface area contributed by atoms with E-state index < -0.39 is 15.3 Å². The van der Waals surface area contributed by atoms with Crippen LogP contribution in [0.25, 0.3) is 0 Å². The zero-order chi connectivity index (χ0) is 20.6. The smallest absolute Gasteiger partial charge is 0.239 e. The Morgan fingerprint density at radius 2 is 1.83 bits per heavy atom. The molecule has 0 amide bonds. The molecule has 0 radical (unpaired) electrons. The molecule has 1 aliphatic heterocycles. The monoisotopic (exact) mass is 440 g/mol. The SMILES string of the molecule is O=S(=O)(Nc1ncns1)C1Cc2ccccc2C1N1CCCCC1c1ccccc1. The second kappa shape index (κ2) is 8.09. The third-order valence-corrected chi connectivity index (χ3v) is 8.63. The van der Waals surface area contributed by atoms with Crippen molar-refractivity contribution in [2.45, 2.75) is 43.0 Å². The van der Waals surface area contributed by atoms with Gasteiger partial charge in [-0.25, -0.2) is 13.4 Å². The van der Waals surface area contributed by atoms with E-state index in [9.17, 15) is 8.42 Å². The third-order valence-electron chi connectivity index (χ3n) is 6.22. The average Bonchev–Trinajstić information content (AvgIpc) is 3.42. The Balaban J connectivity index is 1.55. The Hall–Kier alpha value is -2.29. The summed E-state index contributed by atoms with van der Waals surface area (Å²) >= 11 is 1.06. The van der Waals surface area contributed by atoms with Crippen LogP contribution in [0.3, 0.4) is 0 Å². The van der Waals surface area contributed by atoms with Crippen molar-refractivity contribution in [2.24, 2.45) is 0 Å². The van der Waals surface area contributed by atoms with E-state index in [4.69, 9.17) is 0 Å². The van der Waals surface area contributed by atoms with Gasteiger partial charge < -0.3 is 0 Å². The molecule has 5 rings (SSSR count). The topological polar surface area (TPSA) is 75.2 Å². The predicted octanol–water partition coefficient (Wildman–Crippen LogP) is 4.17. The van der Waals surface area contributed by atoms with Crippen molar-refractivity contribution in [1.82, 2.24) is 14.3 Å². The van der Waals surface area contributed by atoms with E-state index in [-0.39, 0.29) is 12.1 Å². The van der Waals surface area contributed by atoms with E-state index in [1.807, 2.05) is 18.2 Å². The van der Waals surface area contributed by atoms with E-state index in [1.165, 1.54) is 11.9 Å². The summed E-state index contributed by atoms with van der Waals surface area (Å²) in [7, 11) is -3.64. The second-order valence-electron chi connectivity index (χ2n) is 7.94. The van der Waals surface area contributed by atoms with Crippen molar-refractivity contribution in [3.63, 3.8) is 0 Å². The van der Waals surface area contributed by atoms with Gasteiger partial charge in [-0.15, -0.1) is 0 Å². The van der Waals surface area contributed by atoms with E-state index in [0.29, 0.717) is 11.6 Å². The van der Waals surface area contributed by atoms with Gasteiger partial charge in [0, 0.05) is 17.6 Å². The number of fused-ring (bicyclic) bond motifs is 1. The molecule has 1 saturated heterocycles. The minimum atomic E-state index is -3.64. The Labute approximate surface area is 181 Å². The van der Waals surface area contributed by atoms with Crippen LogP contribution in [0.4, 0.5) is 5.13 Å². The molecule has 0 bridgehead atoms. The number of piperidine rings is 1. The van der Waals surface area contributed by atoms with Crippen LogP contribution >= 0.6 is 11.5 Å². The lowest BCUT2D eigenvalue weighted by Crippen LogP contribution is -2.44. The van der Waals surface area contributed by atoms with Gasteiger partial charge in [-0.3, -0.25) is 9.62 Å². The standard InChI is InChI=1S/C22H24N4O2S2/c27-30(28,25-22-23-15-24-29-22)20-14-17-10-4-5-11-18(17)21(20)26-13-7-6-12-19(26)16-8-2-1-3-9-16/h1-5,8-11,15,19-21H,6-7,12-14H2,(H,23,24,25). The number of hydrogen-bond donors (Lipinski definition) is 1. The van der Waals surface area contributed by atoms with Crippen molar-refractivity contribution in [2.75, 3.05) is 11.3 Å². The molecule has 0 spiro atoms. The van der Waals surface area contributed by atoms with Crippen LogP contribution in [0.1, 0.15) is 48.0 Å². The van der Waals surface area contributed by atoms with Gasteiger partial charge in [-0.05, 0) is 42.5 Å². The summed E-state index contributed by atoms with van der Waals surface area (Å²) in [5, 5.41) is -0.244. The second-order valence-corrected chi connectivity index (χ2v) is 10.6. The minimum absolute atomic E-state index is 0.183. The van der Waals surface area contributed by atoms with Crippen molar-refractivity contribution >= 4 is 26.7 Å². The minimum Gasteiger partial charge on any atom is -0.288 e. The maximum absolute atomic E-state index is 13.5. The lowest BCUT2D eigenvalue weighted by Gasteiger charge is -2.42. The van der Waals surface area contributed by atoms with Gasteiger partial charge in [-0.2, -0.15) is 4.37 Å². The number of rotatable bonds is 5. The highest BCUT2D eigenvalue weighted by Crippen LogP contribution is 2.46. The number of aromatic nitrogens is 2. The van der Waals surface area contributed by atoms with Gasteiger partial charge in [0.1, 0.15) is 11.6 Å². The van der Waals surface area contributed by atoms with Gasteiger partial charge in [0.05, 0.1) is 6.04 Å². The average molecular weight is 441 g/mol. The summed E-state index contributed by atoms with van der Waals surface area (Å²) < 4.78 is 33.5. The van der Waals surface area contributed by atoms with Crippen LogP contribution in [0.2, 0.25) is 0 Å². The Morgan fingerprint density at radius 3 is 2.63 bits per heavy atom. The van der Waals surface area contributed by atoms with Crippen LogP contribution in [0, 0.1) is 0 Å². The molecule has 0 saturated carbocycles. The van der Waals surface area contributed by atoms with Crippen LogP contribution in [-0.4, -0.2) is 34.5 Å². The highest BCUT2D eigenvalue weighted by molar-refractivity contribution is 7.93. The summed E-state index contributed by atoms with van der Waals surface area (Å²) in [4.78, 5) is 6.45. The molecule has 1 aromatic heterocycles. The highest BCUT2D eigenvalue weighted by Gasteiger charge is 2.46. The molecule has 1 N–H and O–H groups in total. The van der Waals surface area contributed by atoms with Crippen LogP contribution < -0.4 is 4.72 Å². The number of likely N-dealkylation sites (tertiary alicyclic amines) is 1. The quantitative estimate of drug-likeness (QED) is 0.644. The van der Waals surface area contributed by atoms with Crippen LogP contribution in [0.15, 0.2) is 60.9 Å². The highest BCUT2D eigenvalue weighted by atomic mass is 32.2. The first-order valence-electron chi connectivity index (χ1n) is 10.3. The lowest BCUT2D eigenvalue weighted by atomic mass is 9.92. The summed E-state index contributed by atoms with van der Waals surface area (Å²) in [5.41, 5.74) is 3.51. The van der Waals surface area contributed by atoms with Crippen molar-refractivity contribution in [3.8, 4) is 0 Å². The van der Waals surface area contributed by atoms with E-state index in [2.05, 4.69) is 55.4 Å². The predicted molar refractivity (Wildman–Crippen MR) is 119 cm³/mol. The van der Waals surface area contributed by atoms with Gasteiger partial charge >= 0.3 is 0 Å². The third kappa shape index (κ3) is 3.64. The fraction of sp³-hybridized carbons (Fsp3) is 0.364. The van der Waals surface area contributed by atoms with Crippen LogP contribution in [-0.2, 0) is 16.4 Å². The molecule has 8 heteroatoms. The zero-order valence-corrected chi connectivity index (χ0v) is 18.1. The molecule has 1 aliphatic carbocycles. The summed E-state index contributed by atoms with van der Waals surface area (Å²) in [5.74, 6) is 0. The van der Waals surface area contributed by atoms with Gasteiger partial charge in [0.2, 0.25) is 15.2 Å². The molecule has 3 unspecified atom stereocenters. The first-order chi connectivity index (χ1) is 14.6.